The van der Waals surface area contributed by atoms with Gasteiger partial charge in [0.1, 0.15) is 15.6 Å². The van der Waals surface area contributed by atoms with Crippen LogP contribution >= 0.6 is 0 Å². The monoisotopic (exact) mass is 299 g/mol. The van der Waals surface area contributed by atoms with Crippen molar-refractivity contribution in [1.82, 2.24) is 5.32 Å². The Labute approximate surface area is 122 Å². The molecule has 1 N–H and O–H groups in total. The van der Waals surface area contributed by atoms with Crippen molar-refractivity contribution >= 4 is 9.84 Å². The van der Waals surface area contributed by atoms with Crippen LogP contribution in [0, 0.1) is 6.92 Å². The van der Waals surface area contributed by atoms with Gasteiger partial charge in [0.2, 0.25) is 0 Å². The molecule has 0 unspecified atom stereocenters. The summed E-state index contributed by atoms with van der Waals surface area (Å²) in [6, 6.07) is 6.32. The first kappa shape index (κ1) is 17.0. The topological polar surface area (TPSA) is 55.4 Å². The molecule has 1 aromatic carbocycles. The highest BCUT2D eigenvalue weighted by Gasteiger charge is 2.15. The van der Waals surface area contributed by atoms with E-state index in [2.05, 4.69) is 18.3 Å². The van der Waals surface area contributed by atoms with Crippen LogP contribution in [0.5, 0.6) is 5.75 Å². The molecule has 0 heterocycles. The first-order valence-corrected chi connectivity index (χ1v) is 8.87. The largest absolute Gasteiger partial charge is 0.496 e. The van der Waals surface area contributed by atoms with Gasteiger partial charge in [0.15, 0.2) is 0 Å². The predicted molar refractivity (Wildman–Crippen MR) is 83.1 cm³/mol. The van der Waals surface area contributed by atoms with Crippen molar-refractivity contribution in [1.29, 1.82) is 0 Å². The molecule has 0 fully saturated rings. The van der Waals surface area contributed by atoms with E-state index in [0.717, 1.165) is 11.3 Å². The van der Waals surface area contributed by atoms with Gasteiger partial charge in [0.05, 0.1) is 12.9 Å². The molecular weight excluding hydrogens is 274 g/mol. The molecule has 4 nitrogen and oxygen atoms in total. The fourth-order valence-corrected chi connectivity index (χ4v) is 2.96. The molecule has 2 atom stereocenters. The Balaban J connectivity index is 2.71. The van der Waals surface area contributed by atoms with Gasteiger partial charge in [0, 0.05) is 23.9 Å². The van der Waals surface area contributed by atoms with E-state index < -0.39 is 9.84 Å². The zero-order valence-electron chi connectivity index (χ0n) is 12.9. The van der Waals surface area contributed by atoms with Crippen molar-refractivity contribution in [2.45, 2.75) is 39.3 Å². The number of benzene rings is 1. The van der Waals surface area contributed by atoms with Gasteiger partial charge in [-0.1, -0.05) is 17.7 Å². The Morgan fingerprint density at radius 1 is 1.30 bits per heavy atom. The third-order valence-electron chi connectivity index (χ3n) is 3.31. The maximum Gasteiger partial charge on any atom is 0.147 e. The number of ether oxygens (including phenoxy) is 1. The van der Waals surface area contributed by atoms with Crippen molar-refractivity contribution < 1.29 is 13.2 Å². The number of hydrogen-bond acceptors (Lipinski definition) is 4. The van der Waals surface area contributed by atoms with Gasteiger partial charge in [0.25, 0.3) is 0 Å². The number of nitrogens with one attached hydrogen (secondary N) is 1. The smallest absolute Gasteiger partial charge is 0.147 e. The highest BCUT2D eigenvalue weighted by Crippen LogP contribution is 2.26. The standard InChI is InChI=1S/C15H25NO3S/c1-11-6-7-15(19-4)14(10-11)13(3)16-12(2)8-9-20(5,17)18/h6-7,10,12-13,16H,8-9H2,1-5H3/t12-,13-/m0/s1. The minimum atomic E-state index is -2.90. The predicted octanol–water partition coefficient (Wildman–Crippen LogP) is 2.48. The minimum absolute atomic E-state index is 0.111. The Bertz CT molecular complexity index is 540. The van der Waals surface area contributed by atoms with Crippen molar-refractivity contribution in [3.05, 3.63) is 29.3 Å². The molecule has 114 valence electrons. The molecule has 0 saturated carbocycles. The molecular formula is C15H25NO3S. The first-order chi connectivity index (χ1) is 9.23. The summed E-state index contributed by atoms with van der Waals surface area (Å²) >= 11 is 0. The van der Waals surface area contributed by atoms with Crippen molar-refractivity contribution in [2.24, 2.45) is 0 Å². The molecule has 1 aromatic rings. The van der Waals surface area contributed by atoms with Crippen LogP contribution in [0.3, 0.4) is 0 Å². The molecule has 5 heteroatoms. The van der Waals surface area contributed by atoms with E-state index in [1.165, 1.54) is 11.8 Å². The van der Waals surface area contributed by atoms with Crippen molar-refractivity contribution in [2.75, 3.05) is 19.1 Å². The summed E-state index contributed by atoms with van der Waals surface area (Å²) in [5, 5.41) is 3.43. The van der Waals surface area contributed by atoms with Crippen LogP contribution in [0.1, 0.15) is 37.4 Å². The SMILES string of the molecule is COc1ccc(C)cc1[C@H](C)N[C@@H](C)CCS(C)(=O)=O. The Morgan fingerprint density at radius 3 is 2.50 bits per heavy atom. The van der Waals surface area contributed by atoms with Gasteiger partial charge < -0.3 is 10.1 Å². The highest BCUT2D eigenvalue weighted by atomic mass is 32.2. The fraction of sp³-hybridized carbons (Fsp3) is 0.600. The number of rotatable bonds is 7. The zero-order chi connectivity index (χ0) is 15.3. The minimum Gasteiger partial charge on any atom is -0.496 e. The Kier molecular flexibility index (Phi) is 6.02. The van der Waals surface area contributed by atoms with Crippen molar-refractivity contribution in [3.63, 3.8) is 0 Å². The molecule has 0 aromatic heterocycles. The molecule has 0 aliphatic rings. The summed E-state index contributed by atoms with van der Waals surface area (Å²) in [5.74, 6) is 1.06. The fourth-order valence-electron chi connectivity index (χ4n) is 2.18. The Hall–Kier alpha value is -1.07. The quantitative estimate of drug-likeness (QED) is 0.840. The third kappa shape index (κ3) is 5.51. The summed E-state index contributed by atoms with van der Waals surface area (Å²) < 4.78 is 27.8. The lowest BCUT2D eigenvalue weighted by molar-refractivity contribution is 0.394. The number of methoxy groups -OCH3 is 1. The van der Waals surface area contributed by atoms with Gasteiger partial charge in [-0.2, -0.15) is 0 Å². The van der Waals surface area contributed by atoms with E-state index in [1.807, 2.05) is 26.0 Å². The van der Waals surface area contributed by atoms with Crippen LogP contribution in [0.2, 0.25) is 0 Å². The molecule has 0 amide bonds. The molecule has 0 saturated heterocycles. The van der Waals surface area contributed by atoms with Crippen LogP contribution in [0.4, 0.5) is 0 Å². The van der Waals surface area contributed by atoms with Crippen LogP contribution in [-0.2, 0) is 9.84 Å². The maximum absolute atomic E-state index is 11.2. The summed E-state index contributed by atoms with van der Waals surface area (Å²) in [5.41, 5.74) is 2.27. The van der Waals surface area contributed by atoms with Gasteiger partial charge >= 0.3 is 0 Å². The second-order valence-corrected chi connectivity index (χ2v) is 7.71. The molecule has 0 aliphatic carbocycles. The van der Waals surface area contributed by atoms with Gasteiger partial charge in [-0.25, -0.2) is 8.42 Å². The summed E-state index contributed by atoms with van der Waals surface area (Å²) in [4.78, 5) is 0. The molecule has 0 radical (unpaired) electrons. The van der Waals surface area contributed by atoms with Crippen LogP contribution in [0.15, 0.2) is 18.2 Å². The molecule has 0 bridgehead atoms. The number of aryl methyl sites for hydroxylation is 1. The van der Waals surface area contributed by atoms with Crippen LogP contribution < -0.4 is 10.1 Å². The maximum atomic E-state index is 11.2. The van der Waals surface area contributed by atoms with Crippen molar-refractivity contribution in [3.8, 4) is 5.75 Å². The van der Waals surface area contributed by atoms with E-state index in [-0.39, 0.29) is 17.8 Å². The molecule has 1 rings (SSSR count). The summed E-state index contributed by atoms with van der Waals surface area (Å²) in [6.07, 6.45) is 1.88. The van der Waals surface area contributed by atoms with E-state index in [9.17, 15) is 8.42 Å². The van der Waals surface area contributed by atoms with Crippen LogP contribution in [-0.4, -0.2) is 33.6 Å². The average molecular weight is 299 g/mol. The zero-order valence-corrected chi connectivity index (χ0v) is 13.8. The third-order valence-corrected chi connectivity index (χ3v) is 4.29. The second-order valence-electron chi connectivity index (χ2n) is 5.45. The lowest BCUT2D eigenvalue weighted by Crippen LogP contribution is -2.30. The lowest BCUT2D eigenvalue weighted by atomic mass is 10.0. The molecule has 0 aliphatic heterocycles. The molecule has 0 spiro atoms. The first-order valence-electron chi connectivity index (χ1n) is 6.81. The summed E-state index contributed by atoms with van der Waals surface area (Å²) in [6.45, 7) is 6.11. The van der Waals surface area contributed by atoms with Gasteiger partial charge in [-0.05, 0) is 33.3 Å². The summed E-state index contributed by atoms with van der Waals surface area (Å²) in [7, 11) is -1.24. The number of sulfone groups is 1. The van der Waals surface area contributed by atoms with E-state index >= 15 is 0 Å². The van der Waals surface area contributed by atoms with Crippen LogP contribution in [0.25, 0.3) is 0 Å². The number of hydrogen-bond donors (Lipinski definition) is 1. The molecule has 20 heavy (non-hydrogen) atoms. The van der Waals surface area contributed by atoms with E-state index in [1.54, 1.807) is 7.11 Å². The van der Waals surface area contributed by atoms with Gasteiger partial charge in [-0.15, -0.1) is 0 Å². The highest BCUT2D eigenvalue weighted by molar-refractivity contribution is 7.90. The second kappa shape index (κ2) is 7.09. The van der Waals surface area contributed by atoms with Gasteiger partial charge in [-0.3, -0.25) is 0 Å². The van der Waals surface area contributed by atoms with E-state index in [4.69, 9.17) is 4.74 Å². The lowest BCUT2D eigenvalue weighted by Gasteiger charge is -2.22. The normalized spacial score (nSPS) is 14.8. The van der Waals surface area contributed by atoms with E-state index in [0.29, 0.717) is 6.42 Å². The average Bonchev–Trinajstić information content (AvgIpc) is 2.35. The Morgan fingerprint density at radius 2 is 1.95 bits per heavy atom.